The third-order valence-electron chi connectivity index (χ3n) is 6.17. The van der Waals surface area contributed by atoms with Gasteiger partial charge in [-0.2, -0.15) is 0 Å². The van der Waals surface area contributed by atoms with Gasteiger partial charge in [0.15, 0.2) is 0 Å². The second-order valence-electron chi connectivity index (χ2n) is 9.40. The van der Waals surface area contributed by atoms with E-state index < -0.39 is 0 Å². The number of ether oxygens (including phenoxy) is 1. The predicted octanol–water partition coefficient (Wildman–Crippen LogP) is 6.07. The molecule has 0 aliphatic heterocycles. The van der Waals surface area contributed by atoms with E-state index in [0.29, 0.717) is 35.4 Å². The summed E-state index contributed by atoms with van der Waals surface area (Å²) >= 11 is 2.97. The molecule has 41 heavy (non-hydrogen) atoms. The van der Waals surface area contributed by atoms with E-state index in [1.807, 2.05) is 36.7 Å². The number of aryl methyl sites for hydroxylation is 4. The molecule has 0 aliphatic carbocycles. The average Bonchev–Trinajstić information content (AvgIpc) is 3.56. The van der Waals surface area contributed by atoms with Gasteiger partial charge in [-0.15, -0.1) is 22.7 Å². The van der Waals surface area contributed by atoms with Crippen LogP contribution in [-0.4, -0.2) is 30.9 Å². The number of rotatable bonds is 9. The Morgan fingerprint density at radius 3 is 1.63 bits per heavy atom. The quantitative estimate of drug-likeness (QED) is 0.137. The van der Waals surface area contributed by atoms with Gasteiger partial charge in [-0.25, -0.2) is 9.97 Å². The molecule has 0 saturated carbocycles. The highest BCUT2D eigenvalue weighted by Crippen LogP contribution is 2.26. The van der Waals surface area contributed by atoms with E-state index in [9.17, 15) is 25.0 Å². The van der Waals surface area contributed by atoms with Crippen LogP contribution in [0.2, 0.25) is 0 Å². The predicted molar refractivity (Wildman–Crippen MR) is 156 cm³/mol. The molecule has 0 unspecified atom stereocenters. The van der Waals surface area contributed by atoms with E-state index in [-0.39, 0.29) is 40.4 Å². The van der Waals surface area contributed by atoms with Gasteiger partial charge in [-0.3, -0.25) is 25.0 Å². The third-order valence-corrected chi connectivity index (χ3v) is 7.96. The molecule has 0 fully saturated rings. The Kier molecular flexibility index (Phi) is 10.8. The van der Waals surface area contributed by atoms with Crippen molar-refractivity contribution in [2.75, 3.05) is 0 Å². The number of carbonyl (C=O) groups is 1. The Morgan fingerprint density at radius 1 is 0.805 bits per heavy atom. The standard InChI is InChI=1S/C15H16N2O4S.C13H14N2O3S/c1-9-5-14(17(19)20)10(2)4-12(9)6-15-16-13(8-22-15)7-21-11(3)18;1-8-4-12(15(17)18)9(2)3-10(8)5-13-14-11(6-16)7-19-13/h4-5,8H,6-7H2,1-3H3;3-4,7,16H,5-6H2,1-2H3. The van der Waals surface area contributed by atoms with Gasteiger partial charge in [0.25, 0.3) is 11.4 Å². The zero-order valence-corrected chi connectivity index (χ0v) is 24.9. The lowest BCUT2D eigenvalue weighted by molar-refractivity contribution is -0.385. The van der Waals surface area contributed by atoms with E-state index in [4.69, 9.17) is 9.84 Å². The van der Waals surface area contributed by atoms with Gasteiger partial charge >= 0.3 is 5.97 Å². The van der Waals surface area contributed by atoms with E-state index >= 15 is 0 Å². The van der Waals surface area contributed by atoms with Crippen LogP contribution in [0.15, 0.2) is 35.0 Å². The van der Waals surface area contributed by atoms with Crippen molar-refractivity contribution in [3.8, 4) is 0 Å². The van der Waals surface area contributed by atoms with Crippen LogP contribution in [0.5, 0.6) is 0 Å². The molecule has 216 valence electrons. The number of aliphatic hydroxyl groups is 1. The molecule has 0 amide bonds. The van der Waals surface area contributed by atoms with Gasteiger partial charge in [-0.1, -0.05) is 0 Å². The van der Waals surface area contributed by atoms with Gasteiger partial charge < -0.3 is 9.84 Å². The van der Waals surface area contributed by atoms with Crippen LogP contribution in [0.25, 0.3) is 0 Å². The van der Waals surface area contributed by atoms with E-state index in [1.54, 1.807) is 26.0 Å². The smallest absolute Gasteiger partial charge is 0.303 e. The summed E-state index contributed by atoms with van der Waals surface area (Å²) in [5.74, 6) is -0.337. The van der Waals surface area contributed by atoms with Gasteiger partial charge in [0.2, 0.25) is 0 Å². The van der Waals surface area contributed by atoms with Crippen LogP contribution in [0.1, 0.15) is 61.7 Å². The Morgan fingerprint density at radius 2 is 1.24 bits per heavy atom. The lowest BCUT2D eigenvalue weighted by Gasteiger charge is -2.06. The zero-order valence-electron chi connectivity index (χ0n) is 23.3. The number of aliphatic hydroxyl groups excluding tert-OH is 1. The second kappa shape index (κ2) is 14.0. The fourth-order valence-corrected chi connectivity index (χ4v) is 5.61. The van der Waals surface area contributed by atoms with Crippen molar-refractivity contribution >= 4 is 40.0 Å². The minimum atomic E-state index is -0.368. The molecule has 2 aromatic carbocycles. The Bertz CT molecular complexity index is 1580. The largest absolute Gasteiger partial charge is 0.459 e. The number of aromatic nitrogens is 2. The molecule has 2 heterocycles. The number of esters is 1. The fourth-order valence-electron chi connectivity index (χ4n) is 4.00. The van der Waals surface area contributed by atoms with Gasteiger partial charge in [-0.05, 0) is 62.1 Å². The maximum Gasteiger partial charge on any atom is 0.303 e. The molecule has 0 aliphatic rings. The first kappa shape index (κ1) is 31.5. The summed E-state index contributed by atoms with van der Waals surface area (Å²) in [4.78, 5) is 40.5. The molecular weight excluding hydrogens is 568 g/mol. The van der Waals surface area contributed by atoms with Crippen molar-refractivity contribution in [3.63, 3.8) is 0 Å². The molecule has 13 heteroatoms. The first-order valence-electron chi connectivity index (χ1n) is 12.5. The highest BCUT2D eigenvalue weighted by Gasteiger charge is 2.16. The van der Waals surface area contributed by atoms with Crippen LogP contribution in [-0.2, 0) is 35.6 Å². The number of hydrogen-bond donors (Lipinski definition) is 1. The molecule has 4 rings (SSSR count). The number of nitro groups is 2. The summed E-state index contributed by atoms with van der Waals surface area (Å²) in [5.41, 5.74) is 6.76. The molecule has 2 aromatic heterocycles. The Labute approximate surface area is 244 Å². The first-order chi connectivity index (χ1) is 19.4. The molecule has 0 saturated heterocycles. The van der Waals surface area contributed by atoms with Gasteiger partial charge in [0.1, 0.15) is 6.61 Å². The van der Waals surface area contributed by atoms with Crippen molar-refractivity contribution in [2.45, 2.75) is 60.7 Å². The van der Waals surface area contributed by atoms with Crippen molar-refractivity contribution in [2.24, 2.45) is 0 Å². The second-order valence-corrected chi connectivity index (χ2v) is 11.3. The first-order valence-corrected chi connectivity index (χ1v) is 14.2. The number of thiazole rings is 2. The number of benzene rings is 2. The Balaban J connectivity index is 0.000000228. The molecular formula is C28H30N4O7S2. The van der Waals surface area contributed by atoms with Crippen molar-refractivity contribution in [1.82, 2.24) is 9.97 Å². The minimum absolute atomic E-state index is 0.0607. The molecule has 0 radical (unpaired) electrons. The van der Waals surface area contributed by atoms with Gasteiger partial charge in [0, 0.05) is 53.8 Å². The van der Waals surface area contributed by atoms with Crippen LogP contribution >= 0.6 is 22.7 Å². The zero-order chi connectivity index (χ0) is 30.3. The van der Waals surface area contributed by atoms with Crippen LogP contribution in [0.4, 0.5) is 11.4 Å². The van der Waals surface area contributed by atoms with Gasteiger partial charge in [0.05, 0.1) is 37.9 Å². The summed E-state index contributed by atoms with van der Waals surface area (Å²) in [7, 11) is 0. The molecule has 0 atom stereocenters. The summed E-state index contributed by atoms with van der Waals surface area (Å²) in [5, 5.41) is 36.2. The molecule has 0 spiro atoms. The minimum Gasteiger partial charge on any atom is -0.459 e. The summed E-state index contributed by atoms with van der Waals surface area (Å²) in [6, 6.07) is 6.87. The van der Waals surface area contributed by atoms with E-state index in [1.165, 1.54) is 29.6 Å². The maximum atomic E-state index is 10.9. The molecule has 0 bridgehead atoms. The number of nitrogens with zero attached hydrogens (tertiary/aromatic N) is 4. The number of carbonyl (C=O) groups excluding carboxylic acids is 1. The fraction of sp³-hybridized carbons (Fsp3) is 0.321. The van der Waals surface area contributed by atoms with Crippen LogP contribution in [0, 0.1) is 47.9 Å². The van der Waals surface area contributed by atoms with E-state index in [2.05, 4.69) is 9.97 Å². The van der Waals surface area contributed by atoms with Crippen molar-refractivity contribution in [1.29, 1.82) is 0 Å². The molecule has 11 nitrogen and oxygen atoms in total. The SMILES string of the molecule is CC(=O)OCc1csc(Cc2cc(C)c([N+](=O)[O-])cc2C)n1.Cc1cc([N+](=O)[O-])c(C)cc1Cc1nc(CO)cs1. The normalized spacial score (nSPS) is 10.6. The van der Waals surface area contributed by atoms with Crippen LogP contribution in [0.3, 0.4) is 0 Å². The lowest BCUT2D eigenvalue weighted by Crippen LogP contribution is -2.00. The molecule has 4 aromatic rings. The number of nitro benzene ring substituents is 2. The topological polar surface area (TPSA) is 159 Å². The average molecular weight is 599 g/mol. The highest BCUT2D eigenvalue weighted by molar-refractivity contribution is 7.09. The maximum absolute atomic E-state index is 10.9. The lowest BCUT2D eigenvalue weighted by atomic mass is 10.0. The Hall–Kier alpha value is -4.07. The summed E-state index contributed by atoms with van der Waals surface area (Å²) in [6.45, 7) is 8.66. The summed E-state index contributed by atoms with van der Waals surface area (Å²) < 4.78 is 4.91. The van der Waals surface area contributed by atoms with Crippen molar-refractivity contribution < 1.29 is 24.5 Å². The highest BCUT2D eigenvalue weighted by atomic mass is 32.1. The third kappa shape index (κ3) is 8.71. The summed E-state index contributed by atoms with van der Waals surface area (Å²) in [6.07, 6.45) is 1.24. The molecule has 1 N–H and O–H groups in total. The monoisotopic (exact) mass is 598 g/mol. The van der Waals surface area contributed by atoms with E-state index in [0.717, 1.165) is 32.3 Å². The number of hydrogen-bond acceptors (Lipinski definition) is 11. The van der Waals surface area contributed by atoms with Crippen molar-refractivity contribution in [3.05, 3.63) is 110 Å². The van der Waals surface area contributed by atoms with Crippen LogP contribution < -0.4 is 0 Å².